The topological polar surface area (TPSA) is 44.4 Å². The number of rotatable bonds is 4. The Hall–Kier alpha value is -1.85. The van der Waals surface area contributed by atoms with E-state index in [9.17, 15) is 4.79 Å². The van der Waals surface area contributed by atoms with Crippen LogP contribution >= 0.6 is 11.3 Å². The Morgan fingerprint density at radius 2 is 1.83 bits per heavy atom. The van der Waals surface area contributed by atoms with E-state index in [1.807, 2.05) is 43.3 Å². The molecule has 0 saturated carbocycles. The van der Waals surface area contributed by atoms with Gasteiger partial charge in [0.05, 0.1) is 16.3 Å². The lowest BCUT2D eigenvalue weighted by atomic mass is 10.0. The van der Waals surface area contributed by atoms with E-state index in [0.717, 1.165) is 47.1 Å². The Morgan fingerprint density at radius 1 is 1.13 bits per heavy atom. The summed E-state index contributed by atoms with van der Waals surface area (Å²) in [5.74, 6) is -0.0410. The van der Waals surface area contributed by atoms with Gasteiger partial charge in [0.25, 0.3) is 5.91 Å². The van der Waals surface area contributed by atoms with E-state index < -0.39 is 0 Å². The Balaban J connectivity index is 1.69. The molecule has 1 aliphatic heterocycles. The van der Waals surface area contributed by atoms with Crippen molar-refractivity contribution in [2.75, 3.05) is 30.8 Å². The predicted octanol–water partition coefficient (Wildman–Crippen LogP) is 3.81. The summed E-state index contributed by atoms with van der Waals surface area (Å²) >= 11 is 1.52. The van der Waals surface area contributed by atoms with Crippen molar-refractivity contribution in [2.45, 2.75) is 25.8 Å². The van der Waals surface area contributed by atoms with E-state index in [0.29, 0.717) is 6.04 Å². The fourth-order valence-corrected chi connectivity index (χ4v) is 3.59. The van der Waals surface area contributed by atoms with Crippen molar-refractivity contribution in [3.8, 4) is 0 Å². The number of benzene rings is 1. The lowest BCUT2D eigenvalue weighted by Crippen LogP contribution is -2.36. The van der Waals surface area contributed by atoms with Gasteiger partial charge in [-0.05, 0) is 64.2 Å². The maximum absolute atomic E-state index is 12.4. The van der Waals surface area contributed by atoms with Gasteiger partial charge in [-0.2, -0.15) is 0 Å². The minimum absolute atomic E-state index is 0.0410. The molecule has 2 heterocycles. The van der Waals surface area contributed by atoms with Crippen LogP contribution in [-0.4, -0.2) is 37.0 Å². The quantitative estimate of drug-likeness (QED) is 0.896. The molecule has 0 atom stereocenters. The molecule has 0 aliphatic carbocycles. The van der Waals surface area contributed by atoms with Crippen LogP contribution < -0.4 is 10.6 Å². The van der Waals surface area contributed by atoms with Crippen LogP contribution in [0.4, 0.5) is 11.4 Å². The van der Waals surface area contributed by atoms with E-state index in [1.165, 1.54) is 11.3 Å². The summed E-state index contributed by atoms with van der Waals surface area (Å²) in [6.45, 7) is 4.23. The maximum atomic E-state index is 12.4. The molecular formula is C18H23N3OS. The third-order valence-electron chi connectivity index (χ3n) is 4.22. The molecule has 0 radical (unpaired) electrons. The number of para-hydroxylation sites is 2. The third kappa shape index (κ3) is 4.12. The molecule has 122 valence electrons. The number of hydrogen-bond donors (Lipinski definition) is 2. The summed E-state index contributed by atoms with van der Waals surface area (Å²) in [6.07, 6.45) is 2.26. The van der Waals surface area contributed by atoms with Gasteiger partial charge in [0.1, 0.15) is 0 Å². The van der Waals surface area contributed by atoms with Crippen LogP contribution in [0.1, 0.15) is 27.4 Å². The highest BCUT2D eigenvalue weighted by Crippen LogP contribution is 2.25. The van der Waals surface area contributed by atoms with Crippen LogP contribution in [0.25, 0.3) is 0 Å². The lowest BCUT2D eigenvalue weighted by molar-refractivity contribution is 0.103. The number of carbonyl (C=O) groups is 1. The van der Waals surface area contributed by atoms with Crippen LogP contribution in [-0.2, 0) is 0 Å². The number of likely N-dealkylation sites (tertiary alicyclic amines) is 1. The van der Waals surface area contributed by atoms with Gasteiger partial charge in [-0.1, -0.05) is 12.1 Å². The number of aryl methyl sites for hydroxylation is 1. The SMILES string of the molecule is Cc1ccc(C(=O)Nc2ccccc2NC2CCN(C)CC2)s1. The van der Waals surface area contributed by atoms with E-state index >= 15 is 0 Å². The van der Waals surface area contributed by atoms with Gasteiger partial charge in [-0.25, -0.2) is 0 Å². The number of carbonyl (C=O) groups excluding carboxylic acids is 1. The number of nitrogens with one attached hydrogen (secondary N) is 2. The van der Waals surface area contributed by atoms with Gasteiger partial charge in [0.15, 0.2) is 0 Å². The molecule has 2 N–H and O–H groups in total. The first-order valence-corrected chi connectivity index (χ1v) is 8.85. The largest absolute Gasteiger partial charge is 0.381 e. The molecule has 1 aromatic carbocycles. The third-order valence-corrected chi connectivity index (χ3v) is 5.22. The zero-order chi connectivity index (χ0) is 16.2. The molecule has 5 heteroatoms. The van der Waals surface area contributed by atoms with Crippen LogP contribution in [0, 0.1) is 6.92 Å². The van der Waals surface area contributed by atoms with Crippen molar-refractivity contribution in [3.05, 3.63) is 46.2 Å². The number of hydrogen-bond acceptors (Lipinski definition) is 4. The second-order valence-electron chi connectivity index (χ2n) is 6.13. The second-order valence-corrected chi connectivity index (χ2v) is 7.42. The van der Waals surface area contributed by atoms with Crippen LogP contribution in [0.3, 0.4) is 0 Å². The molecular weight excluding hydrogens is 306 g/mol. The highest BCUT2D eigenvalue weighted by molar-refractivity contribution is 7.14. The summed E-state index contributed by atoms with van der Waals surface area (Å²) in [6, 6.07) is 12.3. The van der Waals surface area contributed by atoms with Gasteiger partial charge in [-0.15, -0.1) is 11.3 Å². The Kier molecular flexibility index (Phi) is 4.98. The molecule has 23 heavy (non-hydrogen) atoms. The zero-order valence-corrected chi connectivity index (χ0v) is 14.5. The molecule has 1 saturated heterocycles. The van der Waals surface area contributed by atoms with Gasteiger partial charge >= 0.3 is 0 Å². The number of anilines is 2. The van der Waals surface area contributed by atoms with Crippen molar-refractivity contribution in [3.63, 3.8) is 0 Å². The molecule has 2 aromatic rings. The van der Waals surface area contributed by atoms with Crippen molar-refractivity contribution in [1.29, 1.82) is 0 Å². The smallest absolute Gasteiger partial charge is 0.265 e. The molecule has 0 spiro atoms. The zero-order valence-electron chi connectivity index (χ0n) is 13.6. The number of amides is 1. The first-order chi connectivity index (χ1) is 11.1. The maximum Gasteiger partial charge on any atom is 0.265 e. The number of thiophene rings is 1. The summed E-state index contributed by atoms with van der Waals surface area (Å²) in [5.41, 5.74) is 1.85. The lowest BCUT2D eigenvalue weighted by Gasteiger charge is -2.30. The van der Waals surface area contributed by atoms with Crippen molar-refractivity contribution in [2.24, 2.45) is 0 Å². The number of nitrogens with zero attached hydrogens (tertiary/aromatic N) is 1. The van der Waals surface area contributed by atoms with Gasteiger partial charge in [0.2, 0.25) is 0 Å². The summed E-state index contributed by atoms with van der Waals surface area (Å²) in [5, 5.41) is 6.63. The van der Waals surface area contributed by atoms with Crippen molar-refractivity contribution >= 4 is 28.6 Å². The monoisotopic (exact) mass is 329 g/mol. The average Bonchev–Trinajstić information content (AvgIpc) is 2.98. The van der Waals surface area contributed by atoms with E-state index in [4.69, 9.17) is 0 Å². The minimum atomic E-state index is -0.0410. The van der Waals surface area contributed by atoms with Crippen LogP contribution in [0.2, 0.25) is 0 Å². The number of piperidine rings is 1. The first-order valence-electron chi connectivity index (χ1n) is 8.04. The fraction of sp³-hybridized carbons (Fsp3) is 0.389. The molecule has 4 nitrogen and oxygen atoms in total. The van der Waals surface area contributed by atoms with Crippen molar-refractivity contribution in [1.82, 2.24) is 4.90 Å². The normalized spacial score (nSPS) is 16.3. The Labute approximate surface area is 141 Å². The standard InChI is InChI=1S/C18H23N3OS/c1-13-7-8-17(23-13)18(22)20-16-6-4-3-5-15(16)19-14-9-11-21(2)12-10-14/h3-8,14,19H,9-12H2,1-2H3,(H,20,22). The van der Waals surface area contributed by atoms with E-state index in [-0.39, 0.29) is 5.91 Å². The fourth-order valence-electron chi connectivity index (χ4n) is 2.83. The molecule has 0 unspecified atom stereocenters. The predicted molar refractivity (Wildman–Crippen MR) is 97.6 cm³/mol. The van der Waals surface area contributed by atoms with Crippen molar-refractivity contribution < 1.29 is 4.79 Å². The van der Waals surface area contributed by atoms with E-state index in [1.54, 1.807) is 0 Å². The molecule has 1 fully saturated rings. The van der Waals surface area contributed by atoms with E-state index in [2.05, 4.69) is 22.6 Å². The van der Waals surface area contributed by atoms with Gasteiger partial charge in [-0.3, -0.25) is 4.79 Å². The minimum Gasteiger partial charge on any atom is -0.381 e. The van der Waals surface area contributed by atoms with Gasteiger partial charge < -0.3 is 15.5 Å². The van der Waals surface area contributed by atoms with Gasteiger partial charge in [0, 0.05) is 10.9 Å². The molecule has 3 rings (SSSR count). The molecule has 1 aromatic heterocycles. The summed E-state index contributed by atoms with van der Waals surface area (Å²) in [4.78, 5) is 16.6. The van der Waals surface area contributed by atoms with Crippen LogP contribution in [0.15, 0.2) is 36.4 Å². The Morgan fingerprint density at radius 3 is 2.48 bits per heavy atom. The highest BCUT2D eigenvalue weighted by atomic mass is 32.1. The highest BCUT2D eigenvalue weighted by Gasteiger charge is 2.18. The molecule has 0 bridgehead atoms. The second kappa shape index (κ2) is 7.15. The molecule has 1 aliphatic rings. The summed E-state index contributed by atoms with van der Waals surface area (Å²) in [7, 11) is 2.16. The average molecular weight is 329 g/mol. The molecule has 1 amide bonds. The Bertz CT molecular complexity index is 674. The first kappa shape index (κ1) is 16.0. The van der Waals surface area contributed by atoms with Crippen LogP contribution in [0.5, 0.6) is 0 Å². The summed E-state index contributed by atoms with van der Waals surface area (Å²) < 4.78 is 0.